The molecular weight excluding hydrogens is 316 g/mol. The fraction of sp³-hybridized carbons (Fsp3) is 0.600. The molecule has 2 rings (SSSR count). The van der Waals surface area contributed by atoms with Crippen LogP contribution in [0.1, 0.15) is 58.4 Å². The Morgan fingerprint density at radius 2 is 2.24 bits per heavy atom. The van der Waals surface area contributed by atoms with Crippen LogP contribution in [0.5, 0.6) is 5.75 Å². The fourth-order valence-electron chi connectivity index (χ4n) is 3.42. The van der Waals surface area contributed by atoms with Crippen molar-refractivity contribution in [3.63, 3.8) is 0 Å². The first-order valence-electron chi connectivity index (χ1n) is 9.17. The summed E-state index contributed by atoms with van der Waals surface area (Å²) in [6, 6.07) is 7.28. The molecule has 0 aliphatic heterocycles. The van der Waals surface area contributed by atoms with Crippen molar-refractivity contribution in [2.24, 2.45) is 5.92 Å². The highest BCUT2D eigenvalue weighted by atomic mass is 16.5. The SMILES string of the molecule is CCCO[C@]1(C(=O)Nc2ccc(OCC)cc2C#N)CCC[C@@H](C)C1. The van der Waals surface area contributed by atoms with Gasteiger partial charge in [0.05, 0.1) is 17.9 Å². The minimum absolute atomic E-state index is 0.145. The maximum absolute atomic E-state index is 13.0. The van der Waals surface area contributed by atoms with Crippen molar-refractivity contribution >= 4 is 11.6 Å². The third-order valence-electron chi connectivity index (χ3n) is 4.62. The van der Waals surface area contributed by atoms with Gasteiger partial charge in [-0.05, 0) is 56.7 Å². The molecule has 136 valence electrons. The van der Waals surface area contributed by atoms with Crippen molar-refractivity contribution in [3.8, 4) is 11.8 Å². The van der Waals surface area contributed by atoms with Crippen LogP contribution in [0.25, 0.3) is 0 Å². The Kier molecular flexibility index (Phi) is 6.83. The maximum Gasteiger partial charge on any atom is 0.256 e. The molecule has 2 atom stereocenters. The van der Waals surface area contributed by atoms with E-state index in [-0.39, 0.29) is 5.91 Å². The molecule has 1 aliphatic rings. The second-order valence-electron chi connectivity index (χ2n) is 6.75. The average molecular weight is 344 g/mol. The number of carbonyl (C=O) groups excluding carboxylic acids is 1. The van der Waals surface area contributed by atoms with Gasteiger partial charge in [0.25, 0.3) is 5.91 Å². The summed E-state index contributed by atoms with van der Waals surface area (Å²) in [4.78, 5) is 13.0. The highest BCUT2D eigenvalue weighted by molar-refractivity contribution is 5.98. The molecular formula is C20H28N2O3. The number of nitrogens with zero attached hydrogens (tertiary/aromatic N) is 1. The Bertz CT molecular complexity index is 638. The number of nitrogens with one attached hydrogen (secondary N) is 1. The van der Waals surface area contributed by atoms with Crippen LogP contribution < -0.4 is 10.1 Å². The second-order valence-corrected chi connectivity index (χ2v) is 6.75. The van der Waals surface area contributed by atoms with Crippen molar-refractivity contribution in [2.45, 2.75) is 58.5 Å². The molecule has 25 heavy (non-hydrogen) atoms. The van der Waals surface area contributed by atoms with E-state index in [1.807, 2.05) is 13.8 Å². The lowest BCUT2D eigenvalue weighted by Crippen LogP contribution is -2.48. The Morgan fingerprint density at radius 3 is 2.88 bits per heavy atom. The van der Waals surface area contributed by atoms with Crippen LogP contribution in [0, 0.1) is 17.2 Å². The van der Waals surface area contributed by atoms with Gasteiger partial charge in [-0.1, -0.05) is 20.3 Å². The number of hydrogen-bond acceptors (Lipinski definition) is 4. The van der Waals surface area contributed by atoms with Gasteiger partial charge in [-0.2, -0.15) is 5.26 Å². The minimum atomic E-state index is -0.793. The predicted octanol–water partition coefficient (Wildman–Crippen LogP) is 4.27. The van der Waals surface area contributed by atoms with Crippen LogP contribution in [0.15, 0.2) is 18.2 Å². The van der Waals surface area contributed by atoms with Crippen molar-refractivity contribution in [3.05, 3.63) is 23.8 Å². The van der Waals surface area contributed by atoms with E-state index in [0.717, 1.165) is 32.1 Å². The maximum atomic E-state index is 13.0. The minimum Gasteiger partial charge on any atom is -0.494 e. The molecule has 0 spiro atoms. The number of benzene rings is 1. The highest BCUT2D eigenvalue weighted by Crippen LogP contribution is 2.36. The van der Waals surface area contributed by atoms with Gasteiger partial charge in [-0.3, -0.25) is 4.79 Å². The van der Waals surface area contributed by atoms with Crippen LogP contribution in [-0.2, 0) is 9.53 Å². The average Bonchev–Trinajstić information content (AvgIpc) is 2.61. The van der Waals surface area contributed by atoms with Crippen LogP contribution in [0.2, 0.25) is 0 Å². The summed E-state index contributed by atoms with van der Waals surface area (Å²) in [7, 11) is 0. The smallest absolute Gasteiger partial charge is 0.256 e. The lowest BCUT2D eigenvalue weighted by atomic mass is 9.78. The van der Waals surface area contributed by atoms with E-state index >= 15 is 0 Å². The van der Waals surface area contributed by atoms with Gasteiger partial charge >= 0.3 is 0 Å². The Labute approximate surface area is 150 Å². The molecule has 0 saturated heterocycles. The highest BCUT2D eigenvalue weighted by Gasteiger charge is 2.42. The zero-order valence-corrected chi connectivity index (χ0v) is 15.4. The topological polar surface area (TPSA) is 71.3 Å². The molecule has 1 N–H and O–H groups in total. The zero-order valence-electron chi connectivity index (χ0n) is 15.4. The molecule has 0 unspecified atom stereocenters. The number of amides is 1. The fourth-order valence-corrected chi connectivity index (χ4v) is 3.42. The first kappa shape index (κ1) is 19.3. The van der Waals surface area contributed by atoms with E-state index in [1.165, 1.54) is 0 Å². The third kappa shape index (κ3) is 4.73. The predicted molar refractivity (Wildman–Crippen MR) is 97.6 cm³/mol. The van der Waals surface area contributed by atoms with E-state index in [2.05, 4.69) is 18.3 Å². The molecule has 1 aromatic carbocycles. The lowest BCUT2D eigenvalue weighted by molar-refractivity contribution is -0.148. The van der Waals surface area contributed by atoms with Gasteiger partial charge in [0.1, 0.15) is 17.4 Å². The summed E-state index contributed by atoms with van der Waals surface area (Å²) in [6.07, 6.45) is 4.42. The van der Waals surface area contributed by atoms with Gasteiger partial charge < -0.3 is 14.8 Å². The van der Waals surface area contributed by atoms with E-state index in [9.17, 15) is 10.1 Å². The molecule has 5 heteroatoms. The van der Waals surface area contributed by atoms with Crippen molar-refractivity contribution in [1.82, 2.24) is 0 Å². The summed E-state index contributed by atoms with van der Waals surface area (Å²) in [6.45, 7) is 7.18. The lowest BCUT2D eigenvalue weighted by Gasteiger charge is -2.38. The van der Waals surface area contributed by atoms with Gasteiger partial charge in [-0.25, -0.2) is 0 Å². The summed E-state index contributed by atoms with van der Waals surface area (Å²) < 4.78 is 11.5. The molecule has 1 amide bonds. The van der Waals surface area contributed by atoms with E-state index in [0.29, 0.717) is 36.1 Å². The standard InChI is InChI=1S/C20H28N2O3/c1-4-11-25-20(10-6-7-15(3)13-20)19(23)22-18-9-8-17(24-5-2)12-16(18)14-21/h8-9,12,15H,4-7,10-11,13H2,1-3H3,(H,22,23)/t15-,20-/m1/s1. The summed E-state index contributed by atoms with van der Waals surface area (Å²) in [5.41, 5.74) is 0.112. The number of rotatable bonds is 7. The van der Waals surface area contributed by atoms with Gasteiger partial charge in [0.15, 0.2) is 0 Å². The van der Waals surface area contributed by atoms with E-state index in [1.54, 1.807) is 18.2 Å². The van der Waals surface area contributed by atoms with Crippen molar-refractivity contribution in [2.75, 3.05) is 18.5 Å². The van der Waals surface area contributed by atoms with Crippen LogP contribution >= 0.6 is 0 Å². The molecule has 1 fully saturated rings. The zero-order chi connectivity index (χ0) is 18.3. The summed E-state index contributed by atoms with van der Waals surface area (Å²) in [5.74, 6) is 0.931. The summed E-state index contributed by atoms with van der Waals surface area (Å²) in [5, 5.41) is 12.3. The molecule has 1 aliphatic carbocycles. The first-order chi connectivity index (χ1) is 12.0. The third-order valence-corrected chi connectivity index (χ3v) is 4.62. The number of hydrogen-bond donors (Lipinski definition) is 1. The van der Waals surface area contributed by atoms with Crippen LogP contribution in [0.3, 0.4) is 0 Å². The van der Waals surface area contributed by atoms with Crippen molar-refractivity contribution < 1.29 is 14.3 Å². The largest absolute Gasteiger partial charge is 0.494 e. The monoisotopic (exact) mass is 344 g/mol. The second kappa shape index (κ2) is 8.87. The first-order valence-corrected chi connectivity index (χ1v) is 9.17. The van der Waals surface area contributed by atoms with E-state index in [4.69, 9.17) is 9.47 Å². The number of carbonyl (C=O) groups is 1. The Morgan fingerprint density at radius 1 is 1.44 bits per heavy atom. The summed E-state index contributed by atoms with van der Waals surface area (Å²) >= 11 is 0. The normalized spacial score (nSPS) is 22.9. The molecule has 0 bridgehead atoms. The number of nitriles is 1. The van der Waals surface area contributed by atoms with Gasteiger partial charge in [0.2, 0.25) is 0 Å². The van der Waals surface area contributed by atoms with Crippen LogP contribution in [0.4, 0.5) is 5.69 Å². The molecule has 0 radical (unpaired) electrons. The van der Waals surface area contributed by atoms with E-state index < -0.39 is 5.60 Å². The van der Waals surface area contributed by atoms with Crippen molar-refractivity contribution in [1.29, 1.82) is 5.26 Å². The number of anilines is 1. The number of ether oxygens (including phenoxy) is 2. The molecule has 0 aromatic heterocycles. The quantitative estimate of drug-likeness (QED) is 0.802. The van der Waals surface area contributed by atoms with Gasteiger partial charge in [-0.15, -0.1) is 0 Å². The Hall–Kier alpha value is -2.06. The molecule has 1 aromatic rings. The van der Waals surface area contributed by atoms with Crippen LogP contribution in [-0.4, -0.2) is 24.7 Å². The molecule has 1 saturated carbocycles. The Balaban J connectivity index is 2.21. The molecule has 0 heterocycles. The van der Waals surface area contributed by atoms with Gasteiger partial charge in [0, 0.05) is 6.61 Å². The molecule has 5 nitrogen and oxygen atoms in total.